The van der Waals surface area contributed by atoms with Gasteiger partial charge in [-0.1, -0.05) is 57.1 Å². The minimum Gasteiger partial charge on any atom is -0.393 e. The summed E-state index contributed by atoms with van der Waals surface area (Å²) in [5.41, 5.74) is 3.96. The highest BCUT2D eigenvalue weighted by atomic mass is 16.3. The summed E-state index contributed by atoms with van der Waals surface area (Å²) >= 11 is 0. The van der Waals surface area contributed by atoms with E-state index in [1.54, 1.807) is 5.57 Å². The Morgan fingerprint density at radius 1 is 1.13 bits per heavy atom. The van der Waals surface area contributed by atoms with E-state index in [4.69, 9.17) is 0 Å². The molecular weight excluding hydrogens is 368 g/mol. The first-order valence-corrected chi connectivity index (χ1v) is 12.5. The van der Waals surface area contributed by atoms with E-state index in [-0.39, 0.29) is 6.10 Å². The second-order valence-corrected chi connectivity index (χ2v) is 11.6. The summed E-state index contributed by atoms with van der Waals surface area (Å²) in [7, 11) is 0. The largest absolute Gasteiger partial charge is 0.393 e. The molecule has 3 saturated carbocycles. The average Bonchev–Trinajstić information content (AvgIpc) is 3.03. The lowest BCUT2D eigenvalue weighted by molar-refractivity contribution is 0.0150. The Morgan fingerprint density at radius 3 is 2.57 bits per heavy atom. The van der Waals surface area contributed by atoms with Crippen LogP contribution in [0.3, 0.4) is 0 Å². The Kier molecular flexibility index (Phi) is 7.40. The van der Waals surface area contributed by atoms with Crippen molar-refractivity contribution in [1.29, 1.82) is 0 Å². The number of allylic oxidation sites excluding steroid dienone is 4. The van der Waals surface area contributed by atoms with E-state index in [0.29, 0.717) is 17.3 Å². The van der Waals surface area contributed by atoms with Crippen LogP contribution in [0, 0.1) is 29.1 Å². The molecule has 0 aromatic rings. The van der Waals surface area contributed by atoms with Crippen molar-refractivity contribution in [2.75, 3.05) is 0 Å². The first-order valence-electron chi connectivity index (χ1n) is 12.5. The zero-order valence-corrected chi connectivity index (χ0v) is 20.2. The fraction of sp³-hybridized carbons (Fsp3) is 0.786. The van der Waals surface area contributed by atoms with Crippen LogP contribution in [0.2, 0.25) is 0 Å². The molecule has 0 aromatic heterocycles. The van der Waals surface area contributed by atoms with Crippen LogP contribution in [-0.2, 0) is 0 Å². The highest BCUT2D eigenvalue weighted by molar-refractivity contribution is 5.36. The third-order valence-corrected chi connectivity index (χ3v) is 9.17. The Bertz CT molecular complexity index is 679. The van der Waals surface area contributed by atoms with E-state index in [0.717, 1.165) is 37.5 Å². The molecule has 2 nitrogen and oxygen atoms in total. The lowest BCUT2D eigenvalue weighted by atomic mass is 9.60. The summed E-state index contributed by atoms with van der Waals surface area (Å²) in [6.07, 6.45) is 15.9. The molecule has 0 spiro atoms. The molecule has 0 saturated heterocycles. The van der Waals surface area contributed by atoms with Crippen molar-refractivity contribution in [1.82, 2.24) is 0 Å². The summed E-state index contributed by atoms with van der Waals surface area (Å²) in [5, 5.41) is 20.3. The van der Waals surface area contributed by atoms with Gasteiger partial charge in [0.2, 0.25) is 0 Å². The minimum absolute atomic E-state index is 0.195. The molecule has 30 heavy (non-hydrogen) atoms. The Balaban J connectivity index is 1.69. The van der Waals surface area contributed by atoms with Gasteiger partial charge >= 0.3 is 0 Å². The van der Waals surface area contributed by atoms with Crippen molar-refractivity contribution < 1.29 is 10.2 Å². The summed E-state index contributed by atoms with van der Waals surface area (Å²) in [6, 6.07) is 0. The Morgan fingerprint density at radius 2 is 1.87 bits per heavy atom. The third kappa shape index (κ3) is 5.13. The number of aliphatic hydroxyl groups excluding tert-OH is 1. The average molecular weight is 415 g/mol. The number of fused-ring (bicyclic) bond motifs is 1. The normalized spacial score (nSPS) is 37.4. The number of aliphatic hydroxyl groups is 2. The van der Waals surface area contributed by atoms with Gasteiger partial charge in [-0.2, -0.15) is 0 Å². The first-order chi connectivity index (χ1) is 14.0. The predicted molar refractivity (Wildman–Crippen MR) is 127 cm³/mol. The summed E-state index contributed by atoms with van der Waals surface area (Å²) in [6.45, 7) is 15.3. The SMILES string of the molecule is C=C1CCC(O)C/C1=C/C=C1\CCC[C@@]2(C)C1CCC2C(C)CCC(C)C(C)(C)O. The molecule has 2 heteroatoms. The van der Waals surface area contributed by atoms with Crippen LogP contribution in [0.5, 0.6) is 0 Å². The molecular formula is C28H46O2. The highest BCUT2D eigenvalue weighted by Gasteiger charge is 2.50. The Labute approximate surface area is 185 Å². The zero-order chi connectivity index (χ0) is 22.1. The van der Waals surface area contributed by atoms with Crippen molar-refractivity contribution in [3.8, 4) is 0 Å². The van der Waals surface area contributed by atoms with Gasteiger partial charge in [0, 0.05) is 0 Å². The van der Waals surface area contributed by atoms with Gasteiger partial charge in [0.1, 0.15) is 0 Å². The van der Waals surface area contributed by atoms with Gasteiger partial charge in [-0.3, -0.25) is 0 Å². The number of hydrogen-bond acceptors (Lipinski definition) is 2. The van der Waals surface area contributed by atoms with E-state index in [9.17, 15) is 10.2 Å². The fourth-order valence-corrected chi connectivity index (χ4v) is 6.68. The summed E-state index contributed by atoms with van der Waals surface area (Å²) < 4.78 is 0. The van der Waals surface area contributed by atoms with E-state index in [2.05, 4.69) is 39.5 Å². The number of hydrogen-bond donors (Lipinski definition) is 2. The molecule has 6 atom stereocenters. The van der Waals surface area contributed by atoms with Crippen molar-refractivity contribution in [2.45, 2.75) is 111 Å². The van der Waals surface area contributed by atoms with Crippen molar-refractivity contribution in [3.05, 3.63) is 35.5 Å². The summed E-state index contributed by atoms with van der Waals surface area (Å²) in [4.78, 5) is 0. The van der Waals surface area contributed by atoms with E-state index in [1.807, 2.05) is 13.8 Å². The molecule has 2 N–H and O–H groups in total. The monoisotopic (exact) mass is 414 g/mol. The van der Waals surface area contributed by atoms with Crippen LogP contribution < -0.4 is 0 Å². The van der Waals surface area contributed by atoms with Gasteiger partial charge in [0.25, 0.3) is 0 Å². The van der Waals surface area contributed by atoms with Gasteiger partial charge in [-0.15, -0.1) is 0 Å². The maximum absolute atomic E-state index is 10.3. The van der Waals surface area contributed by atoms with Crippen LogP contribution in [0.4, 0.5) is 0 Å². The topological polar surface area (TPSA) is 40.5 Å². The second-order valence-electron chi connectivity index (χ2n) is 11.6. The third-order valence-electron chi connectivity index (χ3n) is 9.17. The van der Waals surface area contributed by atoms with E-state index >= 15 is 0 Å². The molecule has 3 rings (SSSR count). The van der Waals surface area contributed by atoms with Gasteiger partial charge in [-0.05, 0) is 106 Å². The van der Waals surface area contributed by atoms with Crippen molar-refractivity contribution in [3.63, 3.8) is 0 Å². The predicted octanol–water partition coefficient (Wildman–Crippen LogP) is 6.98. The molecule has 3 aliphatic carbocycles. The van der Waals surface area contributed by atoms with Crippen molar-refractivity contribution >= 4 is 0 Å². The smallest absolute Gasteiger partial charge is 0.0617 e. The zero-order valence-electron chi connectivity index (χ0n) is 20.2. The fourth-order valence-electron chi connectivity index (χ4n) is 6.68. The van der Waals surface area contributed by atoms with Gasteiger partial charge in [-0.25, -0.2) is 0 Å². The standard InChI is InChI=1S/C28H46O2/c1-19-10-14-24(29)18-23(19)13-12-22-8-7-17-28(6)25(15-16-26(22)28)20(2)9-11-21(3)27(4,5)30/h12-13,20-21,24-26,29-30H,1,7-11,14-18H2,2-6H3/b22-12+,23-13-/t20?,21?,24?,25?,26?,28-/m1/s1. The van der Waals surface area contributed by atoms with Crippen LogP contribution in [0.1, 0.15) is 98.8 Å². The molecule has 0 heterocycles. The molecule has 0 radical (unpaired) electrons. The lowest BCUT2D eigenvalue weighted by Gasteiger charge is -2.44. The maximum Gasteiger partial charge on any atom is 0.0617 e. The Hall–Kier alpha value is -0.860. The molecule has 170 valence electrons. The molecule has 0 aliphatic heterocycles. The van der Waals surface area contributed by atoms with Gasteiger partial charge < -0.3 is 10.2 Å². The molecule has 0 bridgehead atoms. The lowest BCUT2D eigenvalue weighted by Crippen LogP contribution is -2.36. The van der Waals surface area contributed by atoms with E-state index in [1.165, 1.54) is 49.7 Å². The molecule has 5 unspecified atom stereocenters. The van der Waals surface area contributed by atoms with Crippen LogP contribution in [-0.4, -0.2) is 21.9 Å². The first kappa shape index (κ1) is 23.8. The quantitative estimate of drug-likeness (QED) is 0.492. The number of rotatable bonds is 6. The second kappa shape index (κ2) is 9.33. The molecule has 0 aromatic carbocycles. The van der Waals surface area contributed by atoms with Crippen LogP contribution in [0.25, 0.3) is 0 Å². The van der Waals surface area contributed by atoms with E-state index < -0.39 is 5.60 Å². The maximum atomic E-state index is 10.3. The van der Waals surface area contributed by atoms with Gasteiger partial charge in [0.05, 0.1) is 11.7 Å². The molecule has 0 amide bonds. The van der Waals surface area contributed by atoms with Crippen LogP contribution in [0.15, 0.2) is 35.5 Å². The summed E-state index contributed by atoms with van der Waals surface area (Å²) in [5.74, 6) is 2.57. The molecule has 3 fully saturated rings. The minimum atomic E-state index is -0.577. The van der Waals surface area contributed by atoms with Gasteiger partial charge in [0.15, 0.2) is 0 Å². The van der Waals surface area contributed by atoms with Crippen LogP contribution >= 0.6 is 0 Å². The highest BCUT2D eigenvalue weighted by Crippen LogP contribution is 2.60. The van der Waals surface area contributed by atoms with Crippen molar-refractivity contribution in [2.24, 2.45) is 29.1 Å². The molecule has 3 aliphatic rings.